The van der Waals surface area contributed by atoms with Crippen LogP contribution in [0.5, 0.6) is 0 Å². The van der Waals surface area contributed by atoms with Crippen molar-refractivity contribution >= 4 is 29.3 Å². The molecule has 8 heteroatoms. The van der Waals surface area contributed by atoms with Gasteiger partial charge in [0.25, 0.3) is 5.91 Å². The van der Waals surface area contributed by atoms with E-state index in [2.05, 4.69) is 15.5 Å². The van der Waals surface area contributed by atoms with Crippen LogP contribution in [0.25, 0.3) is 0 Å². The molecule has 1 heterocycles. The van der Waals surface area contributed by atoms with Gasteiger partial charge in [-0.1, -0.05) is 12.1 Å². The van der Waals surface area contributed by atoms with Gasteiger partial charge in [0.15, 0.2) is 0 Å². The first-order valence-electron chi connectivity index (χ1n) is 10.7. The van der Waals surface area contributed by atoms with Gasteiger partial charge in [0.2, 0.25) is 5.91 Å². The van der Waals surface area contributed by atoms with Crippen molar-refractivity contribution in [3.8, 4) is 0 Å². The molecule has 32 heavy (non-hydrogen) atoms. The molecule has 0 aliphatic carbocycles. The van der Waals surface area contributed by atoms with Gasteiger partial charge in [-0.25, -0.2) is 4.79 Å². The van der Waals surface area contributed by atoms with Gasteiger partial charge in [-0.2, -0.15) is 0 Å². The van der Waals surface area contributed by atoms with Crippen LogP contribution in [0.2, 0.25) is 0 Å². The number of benzene rings is 2. The standard InChI is InChI=1S/C24H30N4O4/c1-24(2,3)32-23(31)26-15-16-6-8-17(9-7-16)22(30)27-19-14-18(21(25)29)10-11-20(19)28-12-4-5-13-28/h6-11,14H,4-5,12-13,15H2,1-3H3,(H2,25,29)(H,26,31)(H,27,30). The van der Waals surface area contributed by atoms with E-state index < -0.39 is 17.6 Å². The summed E-state index contributed by atoms with van der Waals surface area (Å²) in [5, 5.41) is 5.60. The van der Waals surface area contributed by atoms with Crippen LogP contribution in [-0.2, 0) is 11.3 Å². The summed E-state index contributed by atoms with van der Waals surface area (Å²) in [6.07, 6.45) is 1.68. The third kappa shape index (κ3) is 6.23. The van der Waals surface area contributed by atoms with Gasteiger partial charge in [0, 0.05) is 30.8 Å². The first-order chi connectivity index (χ1) is 15.1. The number of hydrogen-bond acceptors (Lipinski definition) is 5. The van der Waals surface area contributed by atoms with E-state index in [1.807, 2.05) is 6.07 Å². The van der Waals surface area contributed by atoms with Crippen molar-refractivity contribution in [3.05, 3.63) is 59.2 Å². The van der Waals surface area contributed by atoms with Crippen LogP contribution in [0.3, 0.4) is 0 Å². The third-order valence-corrected chi connectivity index (χ3v) is 5.03. The Bertz CT molecular complexity index is 990. The number of amides is 3. The number of primary amides is 1. The maximum absolute atomic E-state index is 12.9. The Balaban J connectivity index is 1.68. The van der Waals surface area contributed by atoms with Crippen LogP contribution in [-0.4, -0.2) is 36.6 Å². The molecule has 0 bridgehead atoms. The number of nitrogens with one attached hydrogen (secondary N) is 2. The van der Waals surface area contributed by atoms with Crippen LogP contribution in [0, 0.1) is 0 Å². The third-order valence-electron chi connectivity index (χ3n) is 5.03. The summed E-state index contributed by atoms with van der Waals surface area (Å²) in [7, 11) is 0. The molecule has 0 saturated carbocycles. The smallest absolute Gasteiger partial charge is 0.407 e. The highest BCUT2D eigenvalue weighted by molar-refractivity contribution is 6.07. The molecule has 0 atom stereocenters. The summed E-state index contributed by atoms with van der Waals surface area (Å²) in [6.45, 7) is 7.49. The lowest BCUT2D eigenvalue weighted by molar-refractivity contribution is 0.0523. The Morgan fingerprint density at radius 2 is 1.62 bits per heavy atom. The zero-order valence-electron chi connectivity index (χ0n) is 18.7. The first kappa shape index (κ1) is 23.1. The molecule has 0 unspecified atom stereocenters. The maximum atomic E-state index is 12.9. The highest BCUT2D eigenvalue weighted by Crippen LogP contribution is 2.30. The Kier molecular flexibility index (Phi) is 7.02. The molecule has 3 amide bonds. The molecular weight excluding hydrogens is 408 g/mol. The molecule has 1 fully saturated rings. The molecule has 2 aromatic rings. The van der Waals surface area contributed by atoms with Crippen molar-refractivity contribution in [2.75, 3.05) is 23.3 Å². The topological polar surface area (TPSA) is 114 Å². The van der Waals surface area contributed by atoms with Gasteiger partial charge in [-0.3, -0.25) is 9.59 Å². The number of carbonyl (C=O) groups excluding carboxylic acids is 3. The van der Waals surface area contributed by atoms with Crippen LogP contribution >= 0.6 is 0 Å². The average Bonchev–Trinajstić information content (AvgIpc) is 3.26. The molecule has 0 aromatic heterocycles. The van der Waals surface area contributed by atoms with E-state index >= 15 is 0 Å². The molecule has 2 aromatic carbocycles. The Hall–Kier alpha value is -3.55. The lowest BCUT2D eigenvalue weighted by Crippen LogP contribution is -2.32. The maximum Gasteiger partial charge on any atom is 0.407 e. The molecule has 1 aliphatic heterocycles. The van der Waals surface area contributed by atoms with Gasteiger partial charge in [0.05, 0.1) is 11.4 Å². The summed E-state index contributed by atoms with van der Waals surface area (Å²) < 4.78 is 5.22. The molecule has 0 spiro atoms. The zero-order chi connectivity index (χ0) is 23.3. The second-order valence-electron chi connectivity index (χ2n) is 8.80. The minimum atomic E-state index is -0.564. The Morgan fingerprint density at radius 3 is 2.22 bits per heavy atom. The van der Waals surface area contributed by atoms with Gasteiger partial charge in [-0.05, 0) is 69.5 Å². The molecule has 1 saturated heterocycles. The van der Waals surface area contributed by atoms with E-state index in [9.17, 15) is 14.4 Å². The first-order valence-corrected chi connectivity index (χ1v) is 10.7. The summed E-state index contributed by atoms with van der Waals surface area (Å²) >= 11 is 0. The molecule has 170 valence electrons. The summed E-state index contributed by atoms with van der Waals surface area (Å²) in [4.78, 5) is 38.5. The summed E-state index contributed by atoms with van der Waals surface area (Å²) in [5.41, 5.74) is 7.93. The van der Waals surface area contributed by atoms with Crippen molar-refractivity contribution in [2.24, 2.45) is 5.73 Å². The number of ether oxygens (including phenoxy) is 1. The number of hydrogen-bond donors (Lipinski definition) is 3. The molecule has 1 aliphatic rings. The summed E-state index contributed by atoms with van der Waals surface area (Å²) in [5.74, 6) is -0.839. The van der Waals surface area contributed by atoms with Crippen molar-refractivity contribution in [2.45, 2.75) is 45.8 Å². The summed E-state index contributed by atoms with van der Waals surface area (Å²) in [6, 6.07) is 12.0. The number of nitrogens with zero attached hydrogens (tertiary/aromatic N) is 1. The largest absolute Gasteiger partial charge is 0.444 e. The van der Waals surface area contributed by atoms with Crippen molar-refractivity contribution in [1.29, 1.82) is 0 Å². The average molecular weight is 439 g/mol. The van der Waals surface area contributed by atoms with Crippen molar-refractivity contribution in [3.63, 3.8) is 0 Å². The highest BCUT2D eigenvalue weighted by atomic mass is 16.6. The van der Waals surface area contributed by atoms with Crippen LogP contribution in [0.15, 0.2) is 42.5 Å². The van der Waals surface area contributed by atoms with Gasteiger partial charge in [0.1, 0.15) is 5.60 Å². The van der Waals surface area contributed by atoms with E-state index in [0.717, 1.165) is 37.2 Å². The number of alkyl carbamates (subject to hydrolysis) is 1. The van der Waals surface area contributed by atoms with Crippen LogP contribution < -0.4 is 21.3 Å². The minimum absolute atomic E-state index is 0.288. The lowest BCUT2D eigenvalue weighted by atomic mass is 10.1. The van der Waals surface area contributed by atoms with E-state index in [0.29, 0.717) is 16.8 Å². The molecule has 8 nitrogen and oxygen atoms in total. The molecular formula is C24H30N4O4. The van der Waals surface area contributed by atoms with Gasteiger partial charge < -0.3 is 26.0 Å². The fourth-order valence-electron chi connectivity index (χ4n) is 3.48. The Labute approximate surface area is 188 Å². The number of nitrogens with two attached hydrogens (primary N) is 1. The second-order valence-corrected chi connectivity index (χ2v) is 8.80. The van der Waals surface area contributed by atoms with Crippen LogP contribution in [0.1, 0.15) is 59.9 Å². The minimum Gasteiger partial charge on any atom is -0.444 e. The van der Waals surface area contributed by atoms with Crippen molar-refractivity contribution in [1.82, 2.24) is 5.32 Å². The van der Waals surface area contributed by atoms with E-state index in [-0.39, 0.29) is 12.5 Å². The second kappa shape index (κ2) is 9.72. The lowest BCUT2D eigenvalue weighted by Gasteiger charge is -2.22. The van der Waals surface area contributed by atoms with Crippen molar-refractivity contribution < 1.29 is 19.1 Å². The number of anilines is 2. The van der Waals surface area contributed by atoms with E-state index in [1.54, 1.807) is 57.2 Å². The Morgan fingerprint density at radius 1 is 1.00 bits per heavy atom. The van der Waals surface area contributed by atoms with E-state index in [4.69, 9.17) is 10.5 Å². The predicted molar refractivity (Wildman–Crippen MR) is 124 cm³/mol. The zero-order valence-corrected chi connectivity index (χ0v) is 18.7. The quantitative estimate of drug-likeness (QED) is 0.637. The van der Waals surface area contributed by atoms with E-state index in [1.165, 1.54) is 0 Å². The van der Waals surface area contributed by atoms with Crippen LogP contribution in [0.4, 0.5) is 16.2 Å². The molecule has 4 N–H and O–H groups in total. The predicted octanol–water partition coefficient (Wildman–Crippen LogP) is 3.66. The fraction of sp³-hybridized carbons (Fsp3) is 0.375. The van der Waals surface area contributed by atoms with Gasteiger partial charge in [-0.15, -0.1) is 0 Å². The number of carbonyl (C=O) groups is 3. The SMILES string of the molecule is CC(C)(C)OC(=O)NCc1ccc(C(=O)Nc2cc(C(N)=O)ccc2N2CCCC2)cc1. The highest BCUT2D eigenvalue weighted by Gasteiger charge is 2.19. The number of rotatable bonds is 6. The normalized spacial score (nSPS) is 13.5. The molecule has 0 radical (unpaired) electrons. The molecule has 3 rings (SSSR count). The fourth-order valence-corrected chi connectivity index (χ4v) is 3.48. The monoisotopic (exact) mass is 438 g/mol. The van der Waals surface area contributed by atoms with Gasteiger partial charge >= 0.3 is 6.09 Å².